The van der Waals surface area contributed by atoms with Crippen molar-refractivity contribution in [1.29, 1.82) is 0 Å². The van der Waals surface area contributed by atoms with Crippen molar-refractivity contribution in [3.63, 3.8) is 0 Å². The van der Waals surface area contributed by atoms with Crippen LogP contribution in [-0.4, -0.2) is 43.4 Å². The Labute approximate surface area is 127 Å². The van der Waals surface area contributed by atoms with Crippen LogP contribution < -0.4 is 4.90 Å². The van der Waals surface area contributed by atoms with E-state index in [0.717, 1.165) is 6.07 Å². The molecule has 2 rings (SSSR count). The van der Waals surface area contributed by atoms with E-state index in [2.05, 4.69) is 0 Å². The number of ether oxygens (including phenoxy) is 2. The molecule has 0 unspecified atom stereocenters. The number of methoxy groups -OCH3 is 2. The Hall–Kier alpha value is -1.77. The zero-order valence-corrected chi connectivity index (χ0v) is 12.5. The smallest absolute Gasteiger partial charge is 0.280 e. The highest BCUT2D eigenvalue weighted by molar-refractivity contribution is 5.57. The van der Waals surface area contributed by atoms with Crippen molar-refractivity contribution in [1.82, 2.24) is 0 Å². The lowest BCUT2D eigenvalue weighted by atomic mass is 10.0. The third-order valence-electron chi connectivity index (χ3n) is 3.78. The van der Waals surface area contributed by atoms with E-state index in [-0.39, 0.29) is 23.0 Å². The zero-order valence-electron chi connectivity index (χ0n) is 12.5. The lowest BCUT2D eigenvalue weighted by Gasteiger charge is -2.32. The molecule has 122 valence electrons. The van der Waals surface area contributed by atoms with Crippen LogP contribution in [-0.2, 0) is 9.47 Å². The van der Waals surface area contributed by atoms with Gasteiger partial charge in [-0.3, -0.25) is 10.1 Å². The molecule has 0 bridgehead atoms. The number of aliphatic hydroxyl groups is 1. The minimum atomic E-state index is -0.949. The molecule has 1 fully saturated rings. The second-order valence-corrected chi connectivity index (χ2v) is 5.14. The molecule has 22 heavy (non-hydrogen) atoms. The van der Waals surface area contributed by atoms with Gasteiger partial charge >= 0.3 is 0 Å². The molecular formula is C14H19FN2O5. The van der Waals surface area contributed by atoms with Gasteiger partial charge in [0.25, 0.3) is 5.69 Å². The fraction of sp³-hybridized carbons (Fsp3) is 0.571. The van der Waals surface area contributed by atoms with E-state index in [1.165, 1.54) is 20.3 Å². The number of nitrogens with zero attached hydrogens (tertiary/aromatic N) is 2. The summed E-state index contributed by atoms with van der Waals surface area (Å²) in [4.78, 5) is 12.2. The number of hydrogen-bond donors (Lipinski definition) is 1. The Balaban J connectivity index is 2.43. The van der Waals surface area contributed by atoms with Gasteiger partial charge in [-0.15, -0.1) is 0 Å². The van der Waals surface area contributed by atoms with Gasteiger partial charge in [-0.2, -0.15) is 0 Å². The largest absolute Gasteiger partial charge is 0.393 e. The number of halogens is 1. The van der Waals surface area contributed by atoms with Gasteiger partial charge in [0.05, 0.1) is 28.3 Å². The molecular weight excluding hydrogens is 295 g/mol. The number of piperidine rings is 1. The molecule has 8 heteroatoms. The number of hydrogen-bond acceptors (Lipinski definition) is 6. The molecule has 1 aliphatic rings. The van der Waals surface area contributed by atoms with E-state index < -0.39 is 17.0 Å². The standard InChI is InChI=1S/C14H19FN2O5/c1-21-14(22-2)10-7-13(11(15)8-12(10)17(19)20)16-5-3-9(18)4-6-16/h7-9,14,18H,3-6H2,1-2H3. The van der Waals surface area contributed by atoms with Crippen molar-refractivity contribution in [3.05, 3.63) is 33.6 Å². The molecule has 1 aromatic carbocycles. The molecule has 0 aliphatic carbocycles. The van der Waals surface area contributed by atoms with Crippen LogP contribution in [0.2, 0.25) is 0 Å². The van der Waals surface area contributed by atoms with Gasteiger partial charge in [0.1, 0.15) is 0 Å². The number of nitro groups is 1. The van der Waals surface area contributed by atoms with E-state index >= 15 is 0 Å². The van der Waals surface area contributed by atoms with Gasteiger partial charge < -0.3 is 19.5 Å². The van der Waals surface area contributed by atoms with Crippen molar-refractivity contribution in [3.8, 4) is 0 Å². The average Bonchev–Trinajstić information content (AvgIpc) is 2.50. The number of nitro benzene ring substituents is 1. The third kappa shape index (κ3) is 3.34. The molecule has 7 nitrogen and oxygen atoms in total. The van der Waals surface area contributed by atoms with Crippen LogP contribution in [0.25, 0.3) is 0 Å². The fourth-order valence-corrected chi connectivity index (χ4v) is 2.61. The first-order chi connectivity index (χ1) is 10.5. The van der Waals surface area contributed by atoms with E-state index in [1.807, 2.05) is 0 Å². The molecule has 0 aromatic heterocycles. The molecule has 1 aliphatic heterocycles. The lowest BCUT2D eigenvalue weighted by Crippen LogP contribution is -2.36. The lowest BCUT2D eigenvalue weighted by molar-refractivity contribution is -0.387. The van der Waals surface area contributed by atoms with Crippen LogP contribution in [0.5, 0.6) is 0 Å². The summed E-state index contributed by atoms with van der Waals surface area (Å²) in [6.45, 7) is 0.972. The topological polar surface area (TPSA) is 85.1 Å². The molecule has 1 N–H and O–H groups in total. The van der Waals surface area contributed by atoms with Crippen molar-refractivity contribution < 1.29 is 23.9 Å². The molecule has 1 aromatic rings. The Morgan fingerprint density at radius 1 is 1.36 bits per heavy atom. The number of benzene rings is 1. The van der Waals surface area contributed by atoms with E-state index in [1.54, 1.807) is 4.90 Å². The van der Waals surface area contributed by atoms with Crippen LogP contribution in [0, 0.1) is 15.9 Å². The summed E-state index contributed by atoms with van der Waals surface area (Å²) in [5, 5.41) is 20.7. The molecule has 0 amide bonds. The first-order valence-corrected chi connectivity index (χ1v) is 6.94. The first-order valence-electron chi connectivity index (χ1n) is 6.94. The second-order valence-electron chi connectivity index (χ2n) is 5.14. The first kappa shape index (κ1) is 16.6. The SMILES string of the molecule is COC(OC)c1cc(N2CCC(O)CC2)c(F)cc1[N+](=O)[O-]. The van der Waals surface area contributed by atoms with Crippen molar-refractivity contribution in [2.24, 2.45) is 0 Å². The maximum Gasteiger partial charge on any atom is 0.280 e. The molecule has 0 saturated carbocycles. The second kappa shape index (κ2) is 6.99. The van der Waals surface area contributed by atoms with Crippen LogP contribution in [0.15, 0.2) is 12.1 Å². The summed E-state index contributed by atoms with van der Waals surface area (Å²) < 4.78 is 24.4. The van der Waals surface area contributed by atoms with Gasteiger partial charge in [-0.05, 0) is 18.9 Å². The van der Waals surface area contributed by atoms with Crippen LogP contribution in [0.4, 0.5) is 15.8 Å². The van der Waals surface area contributed by atoms with Crippen LogP contribution in [0.1, 0.15) is 24.7 Å². The van der Waals surface area contributed by atoms with E-state index in [0.29, 0.717) is 25.9 Å². The highest BCUT2D eigenvalue weighted by Gasteiger charge is 2.28. The maximum absolute atomic E-state index is 14.3. The van der Waals surface area contributed by atoms with Gasteiger partial charge in [0.15, 0.2) is 12.1 Å². The van der Waals surface area contributed by atoms with E-state index in [4.69, 9.17) is 9.47 Å². The third-order valence-corrected chi connectivity index (χ3v) is 3.78. The van der Waals surface area contributed by atoms with Gasteiger partial charge in [-0.25, -0.2) is 4.39 Å². The minimum absolute atomic E-state index is 0.164. The summed E-state index contributed by atoms with van der Waals surface area (Å²) in [5.74, 6) is -0.669. The van der Waals surface area contributed by atoms with Gasteiger partial charge in [0, 0.05) is 27.3 Å². The normalized spacial score (nSPS) is 16.3. The molecule has 0 spiro atoms. The summed E-state index contributed by atoms with van der Waals surface area (Å²) in [6.07, 6.45) is -0.273. The Morgan fingerprint density at radius 2 is 1.95 bits per heavy atom. The van der Waals surface area contributed by atoms with Gasteiger partial charge in [-0.1, -0.05) is 0 Å². The van der Waals surface area contributed by atoms with Crippen molar-refractivity contribution in [2.45, 2.75) is 25.2 Å². The quantitative estimate of drug-likeness (QED) is 0.508. The summed E-state index contributed by atoms with van der Waals surface area (Å²) >= 11 is 0. The molecule has 0 radical (unpaired) electrons. The monoisotopic (exact) mass is 314 g/mol. The Morgan fingerprint density at radius 3 is 2.45 bits per heavy atom. The highest BCUT2D eigenvalue weighted by Crippen LogP contribution is 2.35. The van der Waals surface area contributed by atoms with Crippen LogP contribution >= 0.6 is 0 Å². The predicted octanol–water partition coefficient (Wildman–Crippen LogP) is 1.99. The van der Waals surface area contributed by atoms with E-state index in [9.17, 15) is 19.6 Å². The summed E-state index contributed by atoms with van der Waals surface area (Å²) in [6, 6.07) is 2.28. The fourth-order valence-electron chi connectivity index (χ4n) is 2.61. The van der Waals surface area contributed by atoms with Crippen molar-refractivity contribution >= 4 is 11.4 Å². The molecule has 1 saturated heterocycles. The number of rotatable bonds is 5. The Kier molecular flexibility index (Phi) is 5.28. The highest BCUT2D eigenvalue weighted by atomic mass is 19.1. The zero-order chi connectivity index (χ0) is 16.3. The number of aliphatic hydroxyl groups excluding tert-OH is 1. The van der Waals surface area contributed by atoms with Crippen molar-refractivity contribution in [2.75, 3.05) is 32.2 Å². The average molecular weight is 314 g/mol. The summed E-state index contributed by atoms with van der Waals surface area (Å²) in [7, 11) is 2.72. The molecule has 0 atom stereocenters. The predicted molar refractivity (Wildman–Crippen MR) is 77.3 cm³/mol. The maximum atomic E-state index is 14.3. The summed E-state index contributed by atoms with van der Waals surface area (Å²) in [5.41, 5.74) is 0.0381. The minimum Gasteiger partial charge on any atom is -0.393 e. The van der Waals surface area contributed by atoms with Crippen LogP contribution in [0.3, 0.4) is 0 Å². The Bertz CT molecular complexity index is 542. The number of anilines is 1. The molecule has 1 heterocycles. The van der Waals surface area contributed by atoms with Gasteiger partial charge in [0.2, 0.25) is 0 Å².